The molecule has 7 nitrogen and oxygen atoms in total. The zero-order valence-corrected chi connectivity index (χ0v) is 14.5. The largest absolute Gasteiger partial charge is 0.478 e. The third-order valence-electron chi connectivity index (χ3n) is 2.46. The Morgan fingerprint density at radius 2 is 1.88 bits per heavy atom. The molecule has 0 spiro atoms. The highest BCUT2D eigenvalue weighted by Gasteiger charge is 2.22. The predicted octanol–water partition coefficient (Wildman–Crippen LogP) is 2.28. The standard InChI is InChI=1S/C7H10O3.2C5H8O2/c1-5(7(8)9)2-3-6-4-10-6;1-4(2)5(6)7-3;1-3-5(6)7-4-2/h6H,1-4H2,(H,8,9);1H2,2-3H3;3H,1,4H2,2H3. The number of carboxylic acids is 1. The summed E-state index contributed by atoms with van der Waals surface area (Å²) in [6, 6.07) is 0. The molecule has 1 fully saturated rings. The molecule has 0 bridgehead atoms. The molecule has 0 aromatic heterocycles. The zero-order valence-electron chi connectivity index (χ0n) is 14.5. The smallest absolute Gasteiger partial charge is 0.332 e. The van der Waals surface area contributed by atoms with Crippen LogP contribution in [0.3, 0.4) is 0 Å². The molecule has 24 heavy (non-hydrogen) atoms. The van der Waals surface area contributed by atoms with Gasteiger partial charge in [0.1, 0.15) is 0 Å². The summed E-state index contributed by atoms with van der Waals surface area (Å²) in [5.74, 6) is -1.61. The maximum absolute atomic E-state index is 10.2. The maximum Gasteiger partial charge on any atom is 0.332 e. The van der Waals surface area contributed by atoms with E-state index in [0.717, 1.165) is 19.1 Å². The number of rotatable bonds is 7. The first-order valence-electron chi connectivity index (χ1n) is 7.25. The summed E-state index contributed by atoms with van der Waals surface area (Å²) in [4.78, 5) is 30.5. The lowest BCUT2D eigenvalue weighted by atomic mass is 10.1. The maximum atomic E-state index is 10.2. The van der Waals surface area contributed by atoms with Crippen molar-refractivity contribution in [1.29, 1.82) is 0 Å². The van der Waals surface area contributed by atoms with E-state index in [1.807, 2.05) is 0 Å². The van der Waals surface area contributed by atoms with Gasteiger partial charge >= 0.3 is 17.9 Å². The van der Waals surface area contributed by atoms with Gasteiger partial charge in [0, 0.05) is 17.2 Å². The van der Waals surface area contributed by atoms with Gasteiger partial charge in [0.15, 0.2) is 0 Å². The molecule has 1 N–H and O–H groups in total. The molecule has 0 amide bonds. The summed E-state index contributed by atoms with van der Waals surface area (Å²) in [6.45, 7) is 14.5. The fraction of sp³-hybridized carbons (Fsp3) is 0.471. The Morgan fingerprint density at radius 1 is 1.33 bits per heavy atom. The van der Waals surface area contributed by atoms with E-state index in [0.29, 0.717) is 24.7 Å². The first-order chi connectivity index (χ1) is 11.2. The molecule has 1 unspecified atom stereocenters. The van der Waals surface area contributed by atoms with Crippen molar-refractivity contribution in [2.45, 2.75) is 32.8 Å². The SMILES string of the molecule is C=C(C)C(=O)OC.C=C(CCC1CO1)C(=O)O.C=CC(=O)OCC. The van der Waals surface area contributed by atoms with E-state index in [9.17, 15) is 14.4 Å². The summed E-state index contributed by atoms with van der Waals surface area (Å²) < 4.78 is 13.6. The zero-order chi connectivity index (χ0) is 19.1. The van der Waals surface area contributed by atoms with Crippen molar-refractivity contribution in [3.63, 3.8) is 0 Å². The van der Waals surface area contributed by atoms with Gasteiger partial charge in [-0.05, 0) is 26.7 Å². The fourth-order valence-corrected chi connectivity index (χ4v) is 1.05. The number of carbonyl (C=O) groups is 3. The highest BCUT2D eigenvalue weighted by molar-refractivity contribution is 5.86. The molecule has 1 atom stereocenters. The number of epoxide rings is 1. The third-order valence-corrected chi connectivity index (χ3v) is 2.46. The summed E-state index contributed by atoms with van der Waals surface area (Å²) in [7, 11) is 1.33. The predicted molar refractivity (Wildman–Crippen MR) is 89.4 cm³/mol. The monoisotopic (exact) mass is 342 g/mol. The van der Waals surface area contributed by atoms with Crippen LogP contribution in [0.2, 0.25) is 0 Å². The number of hydrogen-bond acceptors (Lipinski definition) is 6. The second kappa shape index (κ2) is 14.2. The van der Waals surface area contributed by atoms with Gasteiger partial charge in [-0.1, -0.05) is 19.7 Å². The Labute approximate surface area is 142 Å². The van der Waals surface area contributed by atoms with Gasteiger partial charge in [0.05, 0.1) is 26.4 Å². The summed E-state index contributed by atoms with van der Waals surface area (Å²) in [6.07, 6.45) is 2.78. The minimum atomic E-state index is -0.902. The van der Waals surface area contributed by atoms with E-state index in [1.165, 1.54) is 7.11 Å². The Balaban J connectivity index is 0. The van der Waals surface area contributed by atoms with E-state index >= 15 is 0 Å². The second-order valence-electron chi connectivity index (χ2n) is 4.63. The topological polar surface area (TPSA) is 102 Å². The number of aliphatic carboxylic acids is 1. The highest BCUT2D eigenvalue weighted by atomic mass is 16.6. The molecule has 7 heteroatoms. The van der Waals surface area contributed by atoms with Crippen molar-refractivity contribution >= 4 is 17.9 Å². The fourth-order valence-electron chi connectivity index (χ4n) is 1.05. The minimum Gasteiger partial charge on any atom is -0.478 e. The highest BCUT2D eigenvalue weighted by Crippen LogP contribution is 2.17. The lowest BCUT2D eigenvalue weighted by Crippen LogP contribution is -1.99. The minimum absolute atomic E-state index is 0.274. The molecular formula is C17H26O7. The van der Waals surface area contributed by atoms with Crippen LogP contribution in [0.1, 0.15) is 26.7 Å². The van der Waals surface area contributed by atoms with Crippen molar-refractivity contribution in [2.75, 3.05) is 20.3 Å². The van der Waals surface area contributed by atoms with Crippen molar-refractivity contribution in [1.82, 2.24) is 0 Å². The van der Waals surface area contributed by atoms with Gasteiger partial charge in [-0.3, -0.25) is 0 Å². The van der Waals surface area contributed by atoms with Crippen LogP contribution in [0.15, 0.2) is 37.0 Å². The van der Waals surface area contributed by atoms with Gasteiger partial charge in [-0.2, -0.15) is 0 Å². The molecule has 1 aliphatic heterocycles. The third kappa shape index (κ3) is 16.0. The van der Waals surface area contributed by atoms with Crippen molar-refractivity contribution in [2.24, 2.45) is 0 Å². The summed E-state index contributed by atoms with van der Waals surface area (Å²) in [5, 5.41) is 8.37. The molecule has 0 aliphatic carbocycles. The second-order valence-corrected chi connectivity index (χ2v) is 4.63. The summed E-state index contributed by atoms with van der Waals surface area (Å²) in [5.41, 5.74) is 0.706. The quantitative estimate of drug-likeness (QED) is 0.430. The number of esters is 2. The number of methoxy groups -OCH3 is 1. The van der Waals surface area contributed by atoms with Gasteiger partial charge in [0.2, 0.25) is 0 Å². The van der Waals surface area contributed by atoms with Crippen LogP contribution in [0.4, 0.5) is 0 Å². The van der Waals surface area contributed by atoms with Crippen molar-refractivity contribution in [3.05, 3.63) is 37.0 Å². The van der Waals surface area contributed by atoms with E-state index < -0.39 is 5.97 Å². The van der Waals surface area contributed by atoms with Gasteiger partial charge < -0.3 is 19.3 Å². The Hall–Kier alpha value is -2.41. The molecule has 0 saturated carbocycles. The Kier molecular flexibility index (Phi) is 14.1. The first-order valence-corrected chi connectivity index (χ1v) is 7.25. The average molecular weight is 342 g/mol. The van der Waals surface area contributed by atoms with Crippen LogP contribution >= 0.6 is 0 Å². The van der Waals surface area contributed by atoms with Crippen LogP contribution in [0, 0.1) is 0 Å². The number of carboxylic acid groups (broad SMARTS) is 1. The molecule has 1 heterocycles. The van der Waals surface area contributed by atoms with Gasteiger partial charge in [0.25, 0.3) is 0 Å². The molecular weight excluding hydrogens is 316 g/mol. The molecule has 0 aromatic rings. The lowest BCUT2D eigenvalue weighted by molar-refractivity contribution is -0.137. The van der Waals surface area contributed by atoms with Crippen LogP contribution < -0.4 is 0 Å². The summed E-state index contributed by atoms with van der Waals surface area (Å²) >= 11 is 0. The Bertz CT molecular complexity index is 460. The van der Waals surface area contributed by atoms with E-state index in [2.05, 4.69) is 29.2 Å². The van der Waals surface area contributed by atoms with Crippen LogP contribution in [0.5, 0.6) is 0 Å². The number of carbonyl (C=O) groups excluding carboxylic acids is 2. The van der Waals surface area contributed by atoms with E-state index in [-0.39, 0.29) is 17.5 Å². The van der Waals surface area contributed by atoms with Gasteiger partial charge in [-0.15, -0.1) is 0 Å². The van der Waals surface area contributed by atoms with E-state index in [4.69, 9.17) is 9.84 Å². The molecule has 1 rings (SSSR count). The normalized spacial score (nSPS) is 13.7. The van der Waals surface area contributed by atoms with Crippen LogP contribution in [-0.2, 0) is 28.6 Å². The van der Waals surface area contributed by atoms with Crippen molar-refractivity contribution in [3.8, 4) is 0 Å². The van der Waals surface area contributed by atoms with E-state index in [1.54, 1.807) is 13.8 Å². The Morgan fingerprint density at radius 3 is 2.08 bits per heavy atom. The average Bonchev–Trinajstić information content (AvgIpc) is 3.37. The van der Waals surface area contributed by atoms with Gasteiger partial charge in [-0.25, -0.2) is 14.4 Å². The lowest BCUT2D eigenvalue weighted by Gasteiger charge is -1.95. The first kappa shape index (κ1) is 23.9. The molecule has 1 aliphatic rings. The van der Waals surface area contributed by atoms with Crippen molar-refractivity contribution < 1.29 is 33.7 Å². The number of ether oxygens (including phenoxy) is 3. The number of hydrogen-bond donors (Lipinski definition) is 1. The van der Waals surface area contributed by atoms with Crippen LogP contribution in [-0.4, -0.2) is 49.4 Å². The molecule has 1 saturated heterocycles. The van der Waals surface area contributed by atoms with Crippen LogP contribution in [0.25, 0.3) is 0 Å². The molecule has 0 aromatic carbocycles. The molecule has 136 valence electrons. The molecule has 0 radical (unpaired) electrons.